The normalized spacial score (nSPS) is 11.6. The molecule has 1 atom stereocenters. The molecule has 0 saturated carbocycles. The molecule has 1 aromatic heterocycles. The van der Waals surface area contributed by atoms with E-state index >= 15 is 0 Å². The van der Waals surface area contributed by atoms with Crippen molar-refractivity contribution < 1.29 is 19.3 Å². The van der Waals surface area contributed by atoms with Gasteiger partial charge in [0.1, 0.15) is 37.7 Å². The Morgan fingerprint density at radius 2 is 1.87 bits per heavy atom. The lowest BCUT2D eigenvalue weighted by Crippen LogP contribution is -2.33. The van der Waals surface area contributed by atoms with E-state index in [0.29, 0.717) is 49.1 Å². The van der Waals surface area contributed by atoms with Crippen LogP contribution in [0.4, 0.5) is 0 Å². The molecule has 0 saturated heterocycles. The van der Waals surface area contributed by atoms with Crippen LogP contribution in [0, 0.1) is 18.3 Å². The SMILES string of the molecule is C=CCOc1ccccc1OCCNCC(O)COc1cccc2[nH]c(C)c(C#N)c12. The average molecular weight is 421 g/mol. The first kappa shape index (κ1) is 22.2. The summed E-state index contributed by atoms with van der Waals surface area (Å²) in [6, 6.07) is 15.2. The Morgan fingerprint density at radius 1 is 1.13 bits per heavy atom. The molecule has 0 aliphatic carbocycles. The minimum absolute atomic E-state index is 0.111. The molecule has 1 heterocycles. The number of fused-ring (bicyclic) bond motifs is 1. The van der Waals surface area contributed by atoms with Gasteiger partial charge in [0.2, 0.25) is 0 Å². The summed E-state index contributed by atoms with van der Waals surface area (Å²) in [5.41, 5.74) is 2.20. The molecule has 3 N–H and O–H groups in total. The Balaban J connectivity index is 1.43. The van der Waals surface area contributed by atoms with Crippen molar-refractivity contribution in [2.45, 2.75) is 13.0 Å². The van der Waals surface area contributed by atoms with Crippen LogP contribution in [0.25, 0.3) is 10.9 Å². The summed E-state index contributed by atoms with van der Waals surface area (Å²) >= 11 is 0. The average Bonchev–Trinajstić information content (AvgIpc) is 3.12. The first-order valence-corrected chi connectivity index (χ1v) is 10.1. The number of aromatic nitrogens is 1. The van der Waals surface area contributed by atoms with E-state index in [1.54, 1.807) is 12.1 Å². The van der Waals surface area contributed by atoms with Crippen LogP contribution in [-0.2, 0) is 0 Å². The van der Waals surface area contributed by atoms with Crippen molar-refractivity contribution in [1.29, 1.82) is 5.26 Å². The third kappa shape index (κ3) is 5.79. The minimum atomic E-state index is -0.705. The van der Waals surface area contributed by atoms with E-state index in [1.807, 2.05) is 43.3 Å². The van der Waals surface area contributed by atoms with E-state index < -0.39 is 6.10 Å². The summed E-state index contributed by atoms with van der Waals surface area (Å²) in [6.45, 7) is 7.35. The van der Waals surface area contributed by atoms with Crippen molar-refractivity contribution >= 4 is 10.9 Å². The minimum Gasteiger partial charge on any atom is -0.490 e. The number of hydrogen-bond acceptors (Lipinski definition) is 6. The summed E-state index contributed by atoms with van der Waals surface area (Å²) in [4.78, 5) is 3.18. The smallest absolute Gasteiger partial charge is 0.161 e. The van der Waals surface area contributed by atoms with Crippen LogP contribution in [-0.4, -0.2) is 49.1 Å². The van der Waals surface area contributed by atoms with Gasteiger partial charge in [0.25, 0.3) is 0 Å². The number of nitrogens with one attached hydrogen (secondary N) is 2. The Labute approximate surface area is 181 Å². The van der Waals surface area contributed by atoms with Gasteiger partial charge in [0, 0.05) is 18.8 Å². The number of benzene rings is 2. The van der Waals surface area contributed by atoms with Crippen molar-refractivity contribution in [3.8, 4) is 23.3 Å². The third-order valence-corrected chi connectivity index (χ3v) is 4.64. The fourth-order valence-electron chi connectivity index (χ4n) is 3.19. The highest BCUT2D eigenvalue weighted by atomic mass is 16.5. The molecule has 0 bridgehead atoms. The predicted octanol–water partition coefficient (Wildman–Crippen LogP) is 3.32. The Morgan fingerprint density at radius 3 is 2.61 bits per heavy atom. The Kier molecular flexibility index (Phi) is 7.93. The van der Waals surface area contributed by atoms with Gasteiger partial charge in [0.05, 0.1) is 16.5 Å². The summed E-state index contributed by atoms with van der Waals surface area (Å²) in [7, 11) is 0. The number of aliphatic hydroxyl groups is 1. The number of nitriles is 1. The zero-order valence-electron chi connectivity index (χ0n) is 17.6. The van der Waals surface area contributed by atoms with Gasteiger partial charge in [-0.15, -0.1) is 0 Å². The molecule has 31 heavy (non-hydrogen) atoms. The molecule has 0 radical (unpaired) electrons. The molecule has 3 aromatic rings. The number of nitrogens with zero attached hydrogens (tertiary/aromatic N) is 1. The maximum Gasteiger partial charge on any atom is 0.161 e. The molecular formula is C24H27N3O4. The van der Waals surface area contributed by atoms with Crippen LogP contribution in [0.3, 0.4) is 0 Å². The number of ether oxygens (including phenoxy) is 3. The molecule has 7 heteroatoms. The van der Waals surface area contributed by atoms with Crippen molar-refractivity contribution in [2.24, 2.45) is 0 Å². The van der Waals surface area contributed by atoms with Gasteiger partial charge in [-0.2, -0.15) is 5.26 Å². The molecule has 162 valence electrons. The van der Waals surface area contributed by atoms with Crippen molar-refractivity contribution in [3.05, 3.63) is 66.4 Å². The van der Waals surface area contributed by atoms with Crippen LogP contribution in [0.2, 0.25) is 0 Å². The maximum atomic E-state index is 10.2. The molecule has 0 spiro atoms. The number of aliphatic hydroxyl groups excluding tert-OH is 1. The van der Waals surface area contributed by atoms with E-state index in [-0.39, 0.29) is 6.61 Å². The molecule has 2 aromatic carbocycles. The van der Waals surface area contributed by atoms with Gasteiger partial charge in [-0.05, 0) is 31.2 Å². The predicted molar refractivity (Wildman–Crippen MR) is 120 cm³/mol. The van der Waals surface area contributed by atoms with Crippen molar-refractivity contribution in [3.63, 3.8) is 0 Å². The van der Waals surface area contributed by atoms with Gasteiger partial charge >= 0.3 is 0 Å². The quantitative estimate of drug-likeness (QED) is 0.306. The van der Waals surface area contributed by atoms with Gasteiger partial charge in [-0.3, -0.25) is 0 Å². The molecule has 0 fully saturated rings. The summed E-state index contributed by atoms with van der Waals surface area (Å²) in [5.74, 6) is 1.91. The van der Waals surface area contributed by atoms with E-state index in [2.05, 4.69) is 22.9 Å². The van der Waals surface area contributed by atoms with E-state index in [1.165, 1.54) is 0 Å². The first-order valence-electron chi connectivity index (χ1n) is 10.1. The summed E-state index contributed by atoms with van der Waals surface area (Å²) in [6.07, 6.45) is 0.977. The second-order valence-electron chi connectivity index (χ2n) is 6.98. The fraction of sp³-hybridized carbons (Fsp3) is 0.292. The van der Waals surface area contributed by atoms with Crippen LogP contribution < -0.4 is 19.5 Å². The highest BCUT2D eigenvalue weighted by Crippen LogP contribution is 2.30. The highest BCUT2D eigenvalue weighted by molar-refractivity contribution is 5.92. The van der Waals surface area contributed by atoms with E-state index in [4.69, 9.17) is 14.2 Å². The zero-order chi connectivity index (χ0) is 22.1. The number of H-pyrrole nitrogens is 1. The third-order valence-electron chi connectivity index (χ3n) is 4.64. The molecule has 0 amide bonds. The van der Waals surface area contributed by atoms with Gasteiger partial charge < -0.3 is 29.6 Å². The summed E-state index contributed by atoms with van der Waals surface area (Å²) in [5, 5.41) is 23.5. The van der Waals surface area contributed by atoms with Crippen LogP contribution in [0.5, 0.6) is 17.2 Å². The second kappa shape index (κ2) is 11.1. The molecule has 3 rings (SSSR count). The largest absolute Gasteiger partial charge is 0.490 e. The molecular weight excluding hydrogens is 394 g/mol. The standard InChI is InChI=1S/C24H27N3O4/c1-3-12-29-21-8-4-5-9-22(21)30-13-11-26-15-18(28)16-31-23-10-6-7-20-24(23)19(14-25)17(2)27-20/h3-10,18,26-28H,1,11-13,15-16H2,2H3. The van der Waals surface area contributed by atoms with Crippen molar-refractivity contribution in [2.75, 3.05) is 32.9 Å². The van der Waals surface area contributed by atoms with Gasteiger partial charge in [-0.25, -0.2) is 0 Å². The zero-order valence-corrected chi connectivity index (χ0v) is 17.6. The highest BCUT2D eigenvalue weighted by Gasteiger charge is 2.14. The first-order chi connectivity index (χ1) is 15.1. The number of aryl methyl sites for hydroxylation is 1. The Hall–Kier alpha value is -3.47. The lowest BCUT2D eigenvalue weighted by molar-refractivity contribution is 0.106. The number of para-hydroxylation sites is 2. The monoisotopic (exact) mass is 421 g/mol. The lowest BCUT2D eigenvalue weighted by Gasteiger charge is -2.15. The van der Waals surface area contributed by atoms with Gasteiger partial charge in [-0.1, -0.05) is 30.9 Å². The molecule has 7 nitrogen and oxygen atoms in total. The fourth-order valence-corrected chi connectivity index (χ4v) is 3.19. The topological polar surface area (TPSA) is 99.5 Å². The van der Waals surface area contributed by atoms with Crippen LogP contribution >= 0.6 is 0 Å². The Bertz CT molecular complexity index is 1050. The summed E-state index contributed by atoms with van der Waals surface area (Å²) < 4.78 is 17.1. The number of rotatable bonds is 12. The van der Waals surface area contributed by atoms with Gasteiger partial charge in [0.15, 0.2) is 11.5 Å². The van der Waals surface area contributed by atoms with E-state index in [0.717, 1.165) is 16.6 Å². The van der Waals surface area contributed by atoms with Crippen LogP contribution in [0.1, 0.15) is 11.3 Å². The number of hydrogen-bond donors (Lipinski definition) is 3. The second-order valence-corrected chi connectivity index (χ2v) is 6.98. The molecule has 0 aliphatic heterocycles. The van der Waals surface area contributed by atoms with Crippen LogP contribution in [0.15, 0.2) is 55.1 Å². The number of aromatic amines is 1. The maximum absolute atomic E-state index is 10.2. The molecule has 1 unspecified atom stereocenters. The van der Waals surface area contributed by atoms with Crippen molar-refractivity contribution in [1.82, 2.24) is 10.3 Å². The van der Waals surface area contributed by atoms with E-state index in [9.17, 15) is 10.4 Å². The lowest BCUT2D eigenvalue weighted by atomic mass is 10.1. The molecule has 0 aliphatic rings.